The van der Waals surface area contributed by atoms with E-state index in [0.29, 0.717) is 18.6 Å². The first-order valence-corrected chi connectivity index (χ1v) is 10.1. The van der Waals surface area contributed by atoms with Crippen LogP contribution >= 0.6 is 0 Å². The van der Waals surface area contributed by atoms with Gasteiger partial charge in [-0.15, -0.1) is 0 Å². The molecule has 0 radical (unpaired) electrons. The summed E-state index contributed by atoms with van der Waals surface area (Å²) in [6, 6.07) is 16.9. The molecule has 1 aliphatic carbocycles. The van der Waals surface area contributed by atoms with Crippen molar-refractivity contribution >= 4 is 11.5 Å². The molecule has 1 fully saturated rings. The number of fused-ring (bicyclic) bond motifs is 1. The number of aryl methyl sites for hydroxylation is 1. The number of hydrogen-bond donors (Lipinski definition) is 0. The number of para-hydroxylation sites is 1. The molecule has 1 heterocycles. The summed E-state index contributed by atoms with van der Waals surface area (Å²) in [5, 5.41) is 0. The van der Waals surface area contributed by atoms with Crippen molar-refractivity contribution < 1.29 is 9.53 Å². The Morgan fingerprint density at radius 1 is 0.889 bits per heavy atom. The van der Waals surface area contributed by atoms with E-state index < -0.39 is 0 Å². The predicted octanol–water partition coefficient (Wildman–Crippen LogP) is 3.34. The van der Waals surface area contributed by atoms with Crippen molar-refractivity contribution in [1.82, 2.24) is 4.90 Å². The Kier molecular flexibility index (Phi) is 5.73. The lowest BCUT2D eigenvalue weighted by atomic mass is 9.91. The van der Waals surface area contributed by atoms with Gasteiger partial charge in [-0.05, 0) is 48.2 Å². The lowest BCUT2D eigenvalue weighted by Crippen LogP contribution is -2.46. The zero-order chi connectivity index (χ0) is 18.5. The first-order valence-electron chi connectivity index (χ1n) is 10.1. The molecular formula is C23H28N2O2. The largest absolute Gasteiger partial charge is 0.494 e. The molecule has 0 bridgehead atoms. The quantitative estimate of drug-likeness (QED) is 0.736. The highest BCUT2D eigenvalue weighted by molar-refractivity contribution is 5.83. The number of hydrogen-bond acceptors (Lipinski definition) is 4. The Bertz CT molecular complexity index is 767. The molecule has 4 rings (SSSR count). The molecule has 0 N–H and O–H groups in total. The monoisotopic (exact) mass is 364 g/mol. The van der Waals surface area contributed by atoms with Crippen molar-refractivity contribution in [2.24, 2.45) is 0 Å². The second-order valence-electron chi connectivity index (χ2n) is 7.51. The molecule has 0 unspecified atom stereocenters. The minimum Gasteiger partial charge on any atom is -0.494 e. The van der Waals surface area contributed by atoms with Gasteiger partial charge in [-0.2, -0.15) is 0 Å². The van der Waals surface area contributed by atoms with Crippen LogP contribution in [0.15, 0.2) is 48.5 Å². The Labute approximate surface area is 161 Å². The summed E-state index contributed by atoms with van der Waals surface area (Å²) in [5.74, 6) is 1.24. The topological polar surface area (TPSA) is 32.8 Å². The average molecular weight is 364 g/mol. The molecule has 0 aromatic heterocycles. The summed E-state index contributed by atoms with van der Waals surface area (Å²) in [6.45, 7) is 6.19. The summed E-state index contributed by atoms with van der Waals surface area (Å²) in [4.78, 5) is 16.6. The predicted molar refractivity (Wildman–Crippen MR) is 109 cm³/mol. The van der Waals surface area contributed by atoms with Crippen molar-refractivity contribution in [2.45, 2.75) is 25.7 Å². The lowest BCUT2D eigenvalue weighted by molar-refractivity contribution is -0.118. The van der Waals surface area contributed by atoms with Crippen LogP contribution in [0.2, 0.25) is 0 Å². The molecule has 0 atom stereocenters. The fraction of sp³-hybridized carbons (Fsp3) is 0.435. The van der Waals surface area contributed by atoms with E-state index in [4.69, 9.17) is 4.74 Å². The van der Waals surface area contributed by atoms with Crippen LogP contribution in [0, 0.1) is 0 Å². The number of nitrogens with zero attached hydrogens (tertiary/aromatic N) is 2. The molecule has 0 amide bonds. The van der Waals surface area contributed by atoms with Crippen molar-refractivity contribution in [2.75, 3.05) is 44.2 Å². The van der Waals surface area contributed by atoms with Crippen LogP contribution in [0.1, 0.15) is 24.0 Å². The highest BCUT2D eigenvalue weighted by Crippen LogP contribution is 2.24. The van der Waals surface area contributed by atoms with Gasteiger partial charge in [0.05, 0.1) is 6.61 Å². The van der Waals surface area contributed by atoms with Gasteiger partial charge < -0.3 is 9.64 Å². The number of ether oxygens (including phenoxy) is 1. The highest BCUT2D eigenvalue weighted by Gasteiger charge is 2.17. The number of carbonyl (C=O) groups is 1. The minimum absolute atomic E-state index is 0.342. The first-order chi connectivity index (χ1) is 13.3. The van der Waals surface area contributed by atoms with E-state index in [2.05, 4.69) is 52.3 Å². The van der Waals surface area contributed by atoms with Crippen molar-refractivity contribution in [1.29, 1.82) is 0 Å². The first kappa shape index (κ1) is 18.1. The molecule has 0 saturated carbocycles. The molecule has 0 spiro atoms. The molecular weight excluding hydrogens is 336 g/mol. The van der Waals surface area contributed by atoms with Crippen LogP contribution in [0.3, 0.4) is 0 Å². The molecule has 4 nitrogen and oxygen atoms in total. The number of benzene rings is 2. The van der Waals surface area contributed by atoms with Crippen molar-refractivity contribution in [3.63, 3.8) is 0 Å². The lowest BCUT2D eigenvalue weighted by Gasteiger charge is -2.36. The van der Waals surface area contributed by atoms with Gasteiger partial charge in [0, 0.05) is 51.3 Å². The summed E-state index contributed by atoms with van der Waals surface area (Å²) in [5.41, 5.74) is 3.78. The number of carbonyl (C=O) groups excluding carboxylic acids is 1. The van der Waals surface area contributed by atoms with E-state index in [-0.39, 0.29) is 0 Å². The highest BCUT2D eigenvalue weighted by atomic mass is 16.5. The van der Waals surface area contributed by atoms with Gasteiger partial charge in [-0.1, -0.05) is 24.3 Å². The molecule has 27 heavy (non-hydrogen) atoms. The van der Waals surface area contributed by atoms with Crippen LogP contribution < -0.4 is 9.64 Å². The summed E-state index contributed by atoms with van der Waals surface area (Å²) in [7, 11) is 0. The fourth-order valence-corrected chi connectivity index (χ4v) is 4.02. The van der Waals surface area contributed by atoms with Gasteiger partial charge >= 0.3 is 0 Å². The molecule has 142 valence electrons. The average Bonchev–Trinajstić information content (AvgIpc) is 2.72. The number of piperazine rings is 1. The Balaban J connectivity index is 1.18. The van der Waals surface area contributed by atoms with E-state index in [1.54, 1.807) is 0 Å². The van der Waals surface area contributed by atoms with Crippen LogP contribution in [0.25, 0.3) is 0 Å². The second-order valence-corrected chi connectivity index (χ2v) is 7.51. The maximum Gasteiger partial charge on any atom is 0.137 e. The third-order valence-corrected chi connectivity index (χ3v) is 5.62. The van der Waals surface area contributed by atoms with E-state index >= 15 is 0 Å². The zero-order valence-corrected chi connectivity index (χ0v) is 15.9. The standard InChI is InChI=1S/C23H28N2O2/c26-22-9-7-19-8-10-23(18-20(19)17-22)27-16-4-11-24-12-14-25(15-13-24)21-5-2-1-3-6-21/h1-3,5-6,8,10,18H,4,7,9,11-17H2. The minimum atomic E-state index is 0.342. The van der Waals surface area contributed by atoms with E-state index in [0.717, 1.165) is 63.5 Å². The number of rotatable bonds is 6. The van der Waals surface area contributed by atoms with Gasteiger partial charge in [0.2, 0.25) is 0 Å². The van der Waals surface area contributed by atoms with Gasteiger partial charge in [-0.25, -0.2) is 0 Å². The summed E-state index contributed by atoms with van der Waals surface area (Å²) < 4.78 is 5.94. The number of Topliss-reactive ketones (excluding diaryl/α,β-unsaturated/α-hetero) is 1. The maximum absolute atomic E-state index is 11.6. The van der Waals surface area contributed by atoms with Crippen LogP contribution in [0.5, 0.6) is 5.75 Å². The van der Waals surface area contributed by atoms with Crippen LogP contribution in [-0.4, -0.2) is 50.0 Å². The van der Waals surface area contributed by atoms with Gasteiger partial charge in [-0.3, -0.25) is 9.69 Å². The summed E-state index contributed by atoms with van der Waals surface area (Å²) in [6.07, 6.45) is 3.16. The van der Waals surface area contributed by atoms with Crippen molar-refractivity contribution in [3.05, 3.63) is 59.7 Å². The number of ketones is 1. The van der Waals surface area contributed by atoms with Crippen molar-refractivity contribution in [3.8, 4) is 5.75 Å². The van der Waals surface area contributed by atoms with Gasteiger partial charge in [0.15, 0.2) is 0 Å². The Morgan fingerprint density at radius 2 is 1.70 bits per heavy atom. The summed E-state index contributed by atoms with van der Waals surface area (Å²) >= 11 is 0. The molecule has 2 aliphatic rings. The zero-order valence-electron chi connectivity index (χ0n) is 15.9. The van der Waals surface area contributed by atoms with Crippen LogP contribution in [-0.2, 0) is 17.6 Å². The van der Waals surface area contributed by atoms with E-state index in [9.17, 15) is 4.79 Å². The third kappa shape index (κ3) is 4.69. The molecule has 1 saturated heterocycles. The fourth-order valence-electron chi connectivity index (χ4n) is 4.02. The normalized spacial score (nSPS) is 17.6. The molecule has 2 aromatic rings. The number of anilines is 1. The second kappa shape index (κ2) is 8.57. The van der Waals surface area contributed by atoms with Gasteiger partial charge in [0.25, 0.3) is 0 Å². The van der Waals surface area contributed by atoms with E-state index in [1.807, 2.05) is 6.07 Å². The smallest absolute Gasteiger partial charge is 0.137 e. The Morgan fingerprint density at radius 3 is 2.52 bits per heavy atom. The van der Waals surface area contributed by atoms with E-state index in [1.165, 1.54) is 11.3 Å². The van der Waals surface area contributed by atoms with Gasteiger partial charge in [0.1, 0.15) is 11.5 Å². The SMILES string of the molecule is O=C1CCc2ccc(OCCCN3CCN(c4ccccc4)CC3)cc2C1. The third-order valence-electron chi connectivity index (χ3n) is 5.62. The molecule has 4 heteroatoms. The van der Waals surface area contributed by atoms with Crippen LogP contribution in [0.4, 0.5) is 5.69 Å². The molecule has 2 aromatic carbocycles. The maximum atomic E-state index is 11.6. The Hall–Kier alpha value is -2.33. The molecule has 1 aliphatic heterocycles.